The van der Waals surface area contributed by atoms with Crippen molar-refractivity contribution in [3.8, 4) is 0 Å². The quantitative estimate of drug-likeness (QED) is 0.676. The molecule has 0 aliphatic rings. The molecule has 0 unspecified atom stereocenters. The number of oxazole rings is 1. The van der Waals surface area contributed by atoms with Gasteiger partial charge in [-0.05, 0) is 6.92 Å². The second-order valence-corrected chi connectivity index (χ2v) is 6.61. The Balaban J connectivity index is 2.42. The molecule has 23 heavy (non-hydrogen) atoms. The van der Waals surface area contributed by atoms with Crippen LogP contribution in [-0.4, -0.2) is 18.5 Å². The van der Waals surface area contributed by atoms with Crippen molar-refractivity contribution in [2.24, 2.45) is 7.05 Å². The number of imidazole rings is 1. The fourth-order valence-corrected chi connectivity index (χ4v) is 2.47. The molecule has 0 amide bonds. The summed E-state index contributed by atoms with van der Waals surface area (Å²) < 4.78 is 9.96. The monoisotopic (exact) mass is 316 g/mol. The van der Waals surface area contributed by atoms with Crippen molar-refractivity contribution in [1.29, 1.82) is 0 Å². The van der Waals surface area contributed by atoms with Gasteiger partial charge in [-0.3, -0.25) is 18.3 Å². The van der Waals surface area contributed by atoms with Crippen molar-refractivity contribution in [3.63, 3.8) is 0 Å². The summed E-state index contributed by atoms with van der Waals surface area (Å²) in [6.07, 6.45) is 5.34. The molecule has 0 aliphatic carbocycles. The molecule has 3 aromatic heterocycles. The first-order valence-electron chi connectivity index (χ1n) is 7.48. The Bertz CT molecular complexity index is 1040. The van der Waals surface area contributed by atoms with Crippen LogP contribution in [0.1, 0.15) is 33.5 Å². The maximum Gasteiger partial charge on any atom is 0.332 e. The van der Waals surface area contributed by atoms with Crippen LogP contribution in [0.15, 0.2) is 32.4 Å². The molecule has 0 radical (unpaired) electrons. The minimum absolute atomic E-state index is 0.197. The molecule has 7 heteroatoms. The molecule has 3 rings (SSSR count). The SMILES string of the molecule is C/C=C/Cn1c(=O)c2c(nc3oc(C(C)(C)C)cn32)n(C)c1=O. The van der Waals surface area contributed by atoms with Gasteiger partial charge in [0, 0.05) is 19.0 Å². The summed E-state index contributed by atoms with van der Waals surface area (Å²) in [7, 11) is 1.60. The van der Waals surface area contributed by atoms with Gasteiger partial charge in [-0.15, -0.1) is 0 Å². The maximum atomic E-state index is 12.8. The molecule has 0 spiro atoms. The van der Waals surface area contributed by atoms with Gasteiger partial charge in [0.2, 0.25) is 0 Å². The maximum absolute atomic E-state index is 12.8. The zero-order valence-corrected chi connectivity index (χ0v) is 14.0. The Hall–Kier alpha value is -2.57. The Morgan fingerprint density at radius 3 is 2.61 bits per heavy atom. The smallest absolute Gasteiger partial charge is 0.332 e. The highest BCUT2D eigenvalue weighted by Gasteiger charge is 2.23. The van der Waals surface area contributed by atoms with Gasteiger partial charge < -0.3 is 4.42 Å². The Kier molecular flexibility index (Phi) is 3.31. The van der Waals surface area contributed by atoms with E-state index in [1.54, 1.807) is 29.8 Å². The van der Waals surface area contributed by atoms with Crippen LogP contribution in [-0.2, 0) is 19.0 Å². The highest BCUT2D eigenvalue weighted by atomic mass is 16.4. The molecule has 0 aromatic carbocycles. The second kappa shape index (κ2) is 4.97. The van der Waals surface area contributed by atoms with Crippen LogP contribution in [0.3, 0.4) is 0 Å². The lowest BCUT2D eigenvalue weighted by molar-refractivity contribution is 0.425. The summed E-state index contributed by atoms with van der Waals surface area (Å²) >= 11 is 0. The van der Waals surface area contributed by atoms with E-state index in [0.717, 1.165) is 5.76 Å². The van der Waals surface area contributed by atoms with Gasteiger partial charge in [0.25, 0.3) is 5.56 Å². The first-order valence-corrected chi connectivity index (χ1v) is 7.48. The van der Waals surface area contributed by atoms with Gasteiger partial charge in [-0.1, -0.05) is 32.9 Å². The number of nitrogens with zero attached hydrogens (tertiary/aromatic N) is 4. The Morgan fingerprint density at radius 1 is 1.30 bits per heavy atom. The lowest BCUT2D eigenvalue weighted by Gasteiger charge is -2.13. The lowest BCUT2D eigenvalue weighted by atomic mass is 9.94. The first kappa shape index (κ1) is 15.3. The number of aromatic nitrogens is 4. The molecule has 0 bridgehead atoms. The van der Waals surface area contributed by atoms with E-state index in [9.17, 15) is 9.59 Å². The molecule has 3 aromatic rings. The lowest BCUT2D eigenvalue weighted by Crippen LogP contribution is -2.39. The molecule has 0 fully saturated rings. The van der Waals surface area contributed by atoms with Crippen molar-refractivity contribution in [2.75, 3.05) is 0 Å². The third-order valence-corrected chi connectivity index (χ3v) is 3.85. The zero-order chi connectivity index (χ0) is 16.9. The number of allylic oxidation sites excluding steroid dienone is 2. The van der Waals surface area contributed by atoms with Gasteiger partial charge in [-0.2, -0.15) is 4.98 Å². The van der Waals surface area contributed by atoms with E-state index in [1.807, 2.05) is 27.7 Å². The summed E-state index contributed by atoms with van der Waals surface area (Å²) in [5.41, 5.74) is -0.272. The fraction of sp³-hybridized carbons (Fsp3) is 0.438. The molecule has 7 nitrogen and oxygen atoms in total. The van der Waals surface area contributed by atoms with E-state index in [-0.39, 0.29) is 17.5 Å². The average molecular weight is 316 g/mol. The minimum Gasteiger partial charge on any atom is -0.428 e. The fourth-order valence-electron chi connectivity index (χ4n) is 2.47. The van der Waals surface area contributed by atoms with Crippen LogP contribution in [0.25, 0.3) is 17.0 Å². The molecule has 0 atom stereocenters. The average Bonchev–Trinajstić information content (AvgIpc) is 3.02. The molecule has 0 saturated heterocycles. The molecular weight excluding hydrogens is 296 g/mol. The van der Waals surface area contributed by atoms with Gasteiger partial charge >= 0.3 is 11.5 Å². The van der Waals surface area contributed by atoms with E-state index in [1.165, 1.54) is 9.13 Å². The van der Waals surface area contributed by atoms with Gasteiger partial charge in [-0.25, -0.2) is 4.79 Å². The van der Waals surface area contributed by atoms with Gasteiger partial charge in [0.15, 0.2) is 11.2 Å². The van der Waals surface area contributed by atoms with E-state index >= 15 is 0 Å². The molecule has 3 heterocycles. The van der Waals surface area contributed by atoms with Crippen LogP contribution < -0.4 is 11.2 Å². The van der Waals surface area contributed by atoms with E-state index < -0.39 is 5.69 Å². The van der Waals surface area contributed by atoms with Crippen molar-refractivity contribution < 1.29 is 4.42 Å². The molecule has 0 N–H and O–H groups in total. The largest absolute Gasteiger partial charge is 0.428 e. The highest BCUT2D eigenvalue weighted by molar-refractivity contribution is 5.74. The van der Waals surface area contributed by atoms with E-state index in [0.29, 0.717) is 17.0 Å². The number of rotatable bonds is 2. The summed E-state index contributed by atoms with van der Waals surface area (Å²) in [6.45, 7) is 8.14. The third-order valence-electron chi connectivity index (χ3n) is 3.85. The van der Waals surface area contributed by atoms with Crippen LogP contribution >= 0.6 is 0 Å². The van der Waals surface area contributed by atoms with Crippen LogP contribution in [0.4, 0.5) is 0 Å². The molecule has 0 aliphatic heterocycles. The summed E-state index contributed by atoms with van der Waals surface area (Å²) in [4.78, 5) is 29.4. The Morgan fingerprint density at radius 2 is 2.00 bits per heavy atom. The van der Waals surface area contributed by atoms with Crippen molar-refractivity contribution >= 4 is 17.0 Å². The van der Waals surface area contributed by atoms with Gasteiger partial charge in [0.1, 0.15) is 5.76 Å². The minimum atomic E-state index is -0.391. The first-order chi connectivity index (χ1) is 10.8. The van der Waals surface area contributed by atoms with Gasteiger partial charge in [0.05, 0.1) is 6.20 Å². The zero-order valence-electron chi connectivity index (χ0n) is 14.0. The van der Waals surface area contributed by atoms with Crippen LogP contribution in [0.2, 0.25) is 0 Å². The van der Waals surface area contributed by atoms with Crippen LogP contribution in [0.5, 0.6) is 0 Å². The van der Waals surface area contributed by atoms with Crippen LogP contribution in [0, 0.1) is 0 Å². The molecular formula is C16H20N4O3. The number of aryl methyl sites for hydroxylation is 1. The number of fused-ring (bicyclic) bond motifs is 3. The standard InChI is InChI=1S/C16H20N4O3/c1-6-7-8-19-13(21)11-12(18(5)15(19)22)17-14-20(11)9-10(23-14)16(2,3)4/h6-7,9H,8H2,1-5H3/b7-6+. The number of hydrogen-bond acceptors (Lipinski definition) is 4. The summed E-state index contributed by atoms with van der Waals surface area (Å²) in [6, 6.07) is 0. The third kappa shape index (κ3) is 2.23. The second-order valence-electron chi connectivity index (χ2n) is 6.61. The van der Waals surface area contributed by atoms with E-state index in [4.69, 9.17) is 4.42 Å². The molecule has 0 saturated carbocycles. The summed E-state index contributed by atoms with van der Waals surface area (Å²) in [5.74, 6) is 1.05. The van der Waals surface area contributed by atoms with Crippen molar-refractivity contribution in [3.05, 3.63) is 44.9 Å². The Labute approximate surface area is 132 Å². The summed E-state index contributed by atoms with van der Waals surface area (Å²) in [5, 5.41) is 0. The van der Waals surface area contributed by atoms with Crippen molar-refractivity contribution in [1.82, 2.24) is 18.5 Å². The van der Waals surface area contributed by atoms with E-state index in [2.05, 4.69) is 4.98 Å². The van der Waals surface area contributed by atoms with Crippen molar-refractivity contribution in [2.45, 2.75) is 39.7 Å². The number of hydrogen-bond donors (Lipinski definition) is 0. The predicted octanol–water partition coefficient (Wildman–Crippen LogP) is 1.81. The predicted molar refractivity (Wildman–Crippen MR) is 88.0 cm³/mol. The normalized spacial score (nSPS) is 12.9. The highest BCUT2D eigenvalue weighted by Crippen LogP contribution is 2.26. The topological polar surface area (TPSA) is 74.4 Å². The molecule has 122 valence electrons.